The predicted molar refractivity (Wildman–Crippen MR) is 87.3 cm³/mol. The maximum Gasteiger partial charge on any atom is 0.227 e. The number of anilines is 1. The molecule has 4 heteroatoms. The summed E-state index contributed by atoms with van der Waals surface area (Å²) in [5, 5.41) is 3.13. The first kappa shape index (κ1) is 16.1. The monoisotopic (exact) mass is 305 g/mol. The van der Waals surface area contributed by atoms with Crippen molar-refractivity contribution < 1.29 is 9.59 Å². The highest BCUT2D eigenvalue weighted by molar-refractivity contribution is 8.13. The van der Waals surface area contributed by atoms with E-state index >= 15 is 0 Å². The van der Waals surface area contributed by atoms with Crippen molar-refractivity contribution in [2.24, 2.45) is 11.8 Å². The highest BCUT2D eigenvalue weighted by Gasteiger charge is 2.22. The zero-order valence-electron chi connectivity index (χ0n) is 12.7. The fraction of sp³-hybridized carbons (Fsp3) is 0.529. The summed E-state index contributed by atoms with van der Waals surface area (Å²) in [6.45, 7) is 3.77. The van der Waals surface area contributed by atoms with Gasteiger partial charge in [-0.1, -0.05) is 45.2 Å². The van der Waals surface area contributed by atoms with Crippen molar-refractivity contribution in [2.75, 3.05) is 5.32 Å². The van der Waals surface area contributed by atoms with E-state index in [9.17, 15) is 9.59 Å². The van der Waals surface area contributed by atoms with E-state index in [1.165, 1.54) is 18.2 Å². The molecule has 0 unspecified atom stereocenters. The zero-order chi connectivity index (χ0) is 15.2. The van der Waals surface area contributed by atoms with Crippen LogP contribution in [0.5, 0.6) is 0 Å². The molecule has 1 saturated carbocycles. The van der Waals surface area contributed by atoms with E-state index in [0.29, 0.717) is 0 Å². The van der Waals surface area contributed by atoms with Crippen LogP contribution < -0.4 is 5.32 Å². The first-order chi connectivity index (χ1) is 10.1. The summed E-state index contributed by atoms with van der Waals surface area (Å²) in [6.07, 6.45) is 5.47. The van der Waals surface area contributed by atoms with Crippen LogP contribution in [-0.2, 0) is 9.59 Å². The van der Waals surface area contributed by atoms with Crippen LogP contribution in [0.3, 0.4) is 0 Å². The van der Waals surface area contributed by atoms with Gasteiger partial charge in [0.2, 0.25) is 5.91 Å². The molecule has 0 aromatic heterocycles. The Balaban J connectivity index is 2.05. The highest BCUT2D eigenvalue weighted by atomic mass is 32.2. The quantitative estimate of drug-likeness (QED) is 0.834. The largest absolute Gasteiger partial charge is 0.325 e. The van der Waals surface area contributed by atoms with E-state index in [4.69, 9.17) is 0 Å². The first-order valence-corrected chi connectivity index (χ1v) is 8.51. The average molecular weight is 305 g/mol. The van der Waals surface area contributed by atoms with E-state index in [0.717, 1.165) is 36.3 Å². The smallest absolute Gasteiger partial charge is 0.227 e. The number of hydrogen-bond donors (Lipinski definition) is 1. The van der Waals surface area contributed by atoms with Crippen molar-refractivity contribution in [3.63, 3.8) is 0 Å². The maximum atomic E-state index is 12.3. The minimum atomic E-state index is -0.0166. The fourth-order valence-electron chi connectivity index (χ4n) is 2.48. The van der Waals surface area contributed by atoms with Crippen LogP contribution in [0, 0.1) is 11.8 Å². The van der Waals surface area contributed by atoms with Gasteiger partial charge in [-0.25, -0.2) is 0 Å². The van der Waals surface area contributed by atoms with Crippen molar-refractivity contribution in [1.29, 1.82) is 0 Å². The Bertz CT molecular complexity index is 507. The van der Waals surface area contributed by atoms with Gasteiger partial charge in [-0.3, -0.25) is 9.59 Å². The summed E-state index contributed by atoms with van der Waals surface area (Å²) >= 11 is 1.21. The summed E-state index contributed by atoms with van der Waals surface area (Å²) in [5.41, 5.74) is 0.757. The molecule has 1 N–H and O–H groups in total. The van der Waals surface area contributed by atoms with Crippen LogP contribution in [-0.4, -0.2) is 11.0 Å². The van der Waals surface area contributed by atoms with E-state index in [1.54, 1.807) is 0 Å². The molecule has 21 heavy (non-hydrogen) atoms. The SMILES string of the molecule is CC(C)C(=O)Sc1ccccc1NC(=O)C1CCCCC1. The Morgan fingerprint density at radius 3 is 2.48 bits per heavy atom. The summed E-state index contributed by atoms with van der Waals surface area (Å²) in [7, 11) is 0. The molecule has 3 nitrogen and oxygen atoms in total. The van der Waals surface area contributed by atoms with Crippen molar-refractivity contribution in [3.05, 3.63) is 24.3 Å². The number of rotatable bonds is 4. The summed E-state index contributed by atoms with van der Waals surface area (Å²) in [4.78, 5) is 25.1. The number of carbonyl (C=O) groups is 2. The molecule has 1 aliphatic carbocycles. The van der Waals surface area contributed by atoms with Gasteiger partial charge in [0.25, 0.3) is 0 Å². The lowest BCUT2D eigenvalue weighted by Gasteiger charge is -2.21. The minimum absolute atomic E-state index is 0.0166. The van der Waals surface area contributed by atoms with E-state index in [1.807, 2.05) is 38.1 Å². The van der Waals surface area contributed by atoms with Gasteiger partial charge in [-0.05, 0) is 36.7 Å². The molecule has 1 aromatic carbocycles. The molecule has 2 rings (SSSR count). The lowest BCUT2D eigenvalue weighted by Crippen LogP contribution is -2.25. The molecule has 0 saturated heterocycles. The van der Waals surface area contributed by atoms with E-state index in [-0.39, 0.29) is 22.9 Å². The second-order valence-electron chi connectivity index (χ2n) is 5.90. The predicted octanol–water partition coefficient (Wildman–Crippen LogP) is 4.48. The van der Waals surface area contributed by atoms with Gasteiger partial charge < -0.3 is 5.32 Å². The third kappa shape index (κ3) is 4.60. The van der Waals surface area contributed by atoms with Crippen LogP contribution in [0.15, 0.2) is 29.2 Å². The molecular formula is C17H23NO2S. The summed E-state index contributed by atoms with van der Waals surface area (Å²) in [6, 6.07) is 7.55. The fourth-order valence-corrected chi connectivity index (χ4v) is 3.31. The van der Waals surface area contributed by atoms with Gasteiger partial charge in [0.15, 0.2) is 5.12 Å². The van der Waals surface area contributed by atoms with Gasteiger partial charge in [-0.2, -0.15) is 0 Å². The lowest BCUT2D eigenvalue weighted by molar-refractivity contribution is -0.120. The molecule has 1 amide bonds. The average Bonchev–Trinajstić information content (AvgIpc) is 2.50. The lowest BCUT2D eigenvalue weighted by atomic mass is 9.88. The van der Waals surface area contributed by atoms with Crippen molar-refractivity contribution in [1.82, 2.24) is 0 Å². The van der Waals surface area contributed by atoms with Gasteiger partial charge >= 0.3 is 0 Å². The van der Waals surface area contributed by atoms with Gasteiger partial charge in [0, 0.05) is 16.7 Å². The van der Waals surface area contributed by atoms with Gasteiger partial charge in [-0.15, -0.1) is 0 Å². The van der Waals surface area contributed by atoms with Crippen molar-refractivity contribution in [2.45, 2.75) is 50.8 Å². The molecule has 0 aliphatic heterocycles. The Labute approximate surface area is 130 Å². The molecule has 1 fully saturated rings. The van der Waals surface area contributed by atoms with E-state index in [2.05, 4.69) is 5.32 Å². The molecule has 0 heterocycles. The molecule has 1 aliphatic rings. The van der Waals surface area contributed by atoms with Crippen molar-refractivity contribution >= 4 is 28.5 Å². The normalized spacial score (nSPS) is 16.0. The number of thioether (sulfide) groups is 1. The minimum Gasteiger partial charge on any atom is -0.325 e. The molecule has 0 atom stereocenters. The molecular weight excluding hydrogens is 282 g/mol. The number of nitrogens with one attached hydrogen (secondary N) is 1. The second kappa shape index (κ2) is 7.64. The van der Waals surface area contributed by atoms with Gasteiger partial charge in [0.1, 0.15) is 0 Å². The Morgan fingerprint density at radius 1 is 1.14 bits per heavy atom. The summed E-state index contributed by atoms with van der Waals surface area (Å²) < 4.78 is 0. The highest BCUT2D eigenvalue weighted by Crippen LogP contribution is 2.31. The van der Waals surface area contributed by atoms with E-state index < -0.39 is 0 Å². The Kier molecular flexibility index (Phi) is 5.85. The number of amides is 1. The number of carbonyl (C=O) groups excluding carboxylic acids is 2. The molecule has 114 valence electrons. The number of para-hydroxylation sites is 1. The van der Waals surface area contributed by atoms with Crippen LogP contribution in [0.2, 0.25) is 0 Å². The number of hydrogen-bond acceptors (Lipinski definition) is 3. The second-order valence-corrected chi connectivity index (χ2v) is 6.94. The molecule has 1 aromatic rings. The van der Waals surface area contributed by atoms with Crippen LogP contribution >= 0.6 is 11.8 Å². The molecule has 0 bridgehead atoms. The number of benzene rings is 1. The Morgan fingerprint density at radius 2 is 1.81 bits per heavy atom. The zero-order valence-corrected chi connectivity index (χ0v) is 13.5. The topological polar surface area (TPSA) is 46.2 Å². The van der Waals surface area contributed by atoms with Crippen LogP contribution in [0.1, 0.15) is 46.0 Å². The van der Waals surface area contributed by atoms with Crippen molar-refractivity contribution in [3.8, 4) is 0 Å². The first-order valence-electron chi connectivity index (χ1n) is 7.69. The molecule has 0 radical (unpaired) electrons. The maximum absolute atomic E-state index is 12.3. The summed E-state index contributed by atoms with van der Waals surface area (Å²) in [5.74, 6) is 0.203. The standard InChI is InChI=1S/C17H23NO2S/c1-12(2)17(20)21-15-11-7-6-10-14(15)18-16(19)13-8-4-3-5-9-13/h6-7,10-13H,3-5,8-9H2,1-2H3,(H,18,19). The Hall–Kier alpha value is -1.29. The van der Waals surface area contributed by atoms with Crippen LogP contribution in [0.25, 0.3) is 0 Å². The van der Waals surface area contributed by atoms with Gasteiger partial charge in [0.05, 0.1) is 5.69 Å². The molecule has 0 spiro atoms. The third-order valence-electron chi connectivity index (χ3n) is 3.80. The van der Waals surface area contributed by atoms with Crippen LogP contribution in [0.4, 0.5) is 5.69 Å². The third-order valence-corrected chi connectivity index (χ3v) is 5.05.